The number of nitrogens with zero attached hydrogens (tertiary/aromatic N) is 2. The van der Waals surface area contributed by atoms with Gasteiger partial charge in [-0.05, 0) is 19.8 Å². The third-order valence-electron chi connectivity index (χ3n) is 2.34. The largest absolute Gasteiger partial charge is 0.356 e. The number of sulfone groups is 1. The summed E-state index contributed by atoms with van der Waals surface area (Å²) in [6, 6.07) is 0. The molecule has 0 fully saturated rings. The summed E-state index contributed by atoms with van der Waals surface area (Å²) in [6.45, 7) is 5.59. The van der Waals surface area contributed by atoms with Crippen molar-refractivity contribution in [2.45, 2.75) is 33.2 Å². The lowest BCUT2D eigenvalue weighted by molar-refractivity contribution is 0.592. The molecule has 0 saturated carbocycles. The molecule has 0 aliphatic heterocycles. The molecule has 0 atom stereocenters. The molecular weight excluding hydrogens is 238 g/mol. The van der Waals surface area contributed by atoms with Gasteiger partial charge in [-0.15, -0.1) is 0 Å². The molecule has 6 heteroatoms. The van der Waals surface area contributed by atoms with Gasteiger partial charge in [-0.3, -0.25) is 0 Å². The quantitative estimate of drug-likeness (QED) is 0.805. The van der Waals surface area contributed by atoms with Gasteiger partial charge in [0.25, 0.3) is 0 Å². The van der Waals surface area contributed by atoms with Crippen LogP contribution in [0.15, 0.2) is 6.20 Å². The van der Waals surface area contributed by atoms with Crippen LogP contribution in [-0.4, -0.2) is 36.5 Å². The number of hydrogen-bond donors (Lipinski definition) is 1. The fraction of sp³-hybridized carbons (Fsp3) is 0.727. The van der Waals surface area contributed by atoms with E-state index in [0.717, 1.165) is 24.6 Å². The summed E-state index contributed by atoms with van der Waals surface area (Å²) >= 11 is 0. The van der Waals surface area contributed by atoms with Gasteiger partial charge in [0.05, 0.1) is 11.4 Å². The minimum atomic E-state index is -2.87. The molecule has 1 N–H and O–H groups in total. The zero-order valence-corrected chi connectivity index (χ0v) is 11.5. The summed E-state index contributed by atoms with van der Waals surface area (Å²) in [5, 5.41) is 3.23. The predicted octanol–water partition coefficient (Wildman–Crippen LogP) is 1.45. The number of aryl methyl sites for hydroxylation is 2. The van der Waals surface area contributed by atoms with Crippen LogP contribution >= 0.6 is 0 Å². The molecule has 0 radical (unpaired) electrons. The monoisotopic (exact) mass is 259 g/mol. The van der Waals surface area contributed by atoms with Crippen LogP contribution in [0.1, 0.15) is 25.5 Å². The summed E-state index contributed by atoms with van der Waals surface area (Å²) in [5.41, 5.74) is 0.947. The van der Waals surface area contributed by atoms with Crippen LogP contribution in [0.4, 0.5) is 5.95 Å². The Bertz CT molecular complexity index is 451. The van der Waals surface area contributed by atoms with Crippen molar-refractivity contribution in [3.05, 3.63) is 11.9 Å². The molecule has 5 nitrogen and oxygen atoms in total. The highest BCUT2D eigenvalue weighted by Gasteiger charge is 2.06. The predicted molar refractivity (Wildman–Crippen MR) is 70.1 cm³/mol. The number of imidazole rings is 1. The minimum absolute atomic E-state index is 0.220. The normalized spacial score (nSPS) is 11.7. The Morgan fingerprint density at radius 2 is 2.18 bits per heavy atom. The van der Waals surface area contributed by atoms with E-state index in [4.69, 9.17) is 0 Å². The number of hydrogen-bond acceptors (Lipinski definition) is 4. The maximum Gasteiger partial charge on any atom is 0.203 e. The van der Waals surface area contributed by atoms with Crippen molar-refractivity contribution < 1.29 is 8.42 Å². The van der Waals surface area contributed by atoms with Gasteiger partial charge < -0.3 is 9.88 Å². The van der Waals surface area contributed by atoms with Crippen LogP contribution < -0.4 is 5.32 Å². The van der Waals surface area contributed by atoms with Gasteiger partial charge in [0, 0.05) is 25.5 Å². The van der Waals surface area contributed by atoms with E-state index in [9.17, 15) is 8.42 Å². The minimum Gasteiger partial charge on any atom is -0.356 e. The van der Waals surface area contributed by atoms with E-state index >= 15 is 0 Å². The van der Waals surface area contributed by atoms with Gasteiger partial charge in [-0.2, -0.15) is 0 Å². The van der Waals surface area contributed by atoms with E-state index in [-0.39, 0.29) is 5.75 Å². The van der Waals surface area contributed by atoms with E-state index in [1.165, 1.54) is 6.26 Å². The summed E-state index contributed by atoms with van der Waals surface area (Å²) in [6.07, 6.45) is 4.87. The lowest BCUT2D eigenvalue weighted by Crippen LogP contribution is -2.11. The Kier molecular flexibility index (Phi) is 4.99. The molecule has 0 aliphatic rings. The van der Waals surface area contributed by atoms with Gasteiger partial charge >= 0.3 is 0 Å². The van der Waals surface area contributed by atoms with Crippen LogP contribution in [0, 0.1) is 6.92 Å². The second-order valence-electron chi connectivity index (χ2n) is 4.31. The molecule has 1 aromatic rings. The molecule has 0 bridgehead atoms. The Labute approximate surface area is 103 Å². The highest BCUT2D eigenvalue weighted by molar-refractivity contribution is 7.90. The lowest BCUT2D eigenvalue weighted by Gasteiger charge is -2.08. The number of nitrogens with one attached hydrogen (secondary N) is 1. The highest BCUT2D eigenvalue weighted by atomic mass is 32.2. The second kappa shape index (κ2) is 6.05. The first-order valence-corrected chi connectivity index (χ1v) is 7.94. The molecule has 98 valence electrons. The summed E-state index contributed by atoms with van der Waals surface area (Å²) in [7, 11) is -2.87. The van der Waals surface area contributed by atoms with Gasteiger partial charge in [0.15, 0.2) is 0 Å². The second-order valence-corrected chi connectivity index (χ2v) is 6.57. The highest BCUT2D eigenvalue weighted by Crippen LogP contribution is 2.09. The van der Waals surface area contributed by atoms with E-state index < -0.39 is 9.84 Å². The zero-order chi connectivity index (χ0) is 12.9. The van der Waals surface area contributed by atoms with E-state index in [0.29, 0.717) is 13.0 Å². The number of aromatic nitrogens is 2. The van der Waals surface area contributed by atoms with Gasteiger partial charge in [0.1, 0.15) is 9.84 Å². The van der Waals surface area contributed by atoms with Crippen molar-refractivity contribution in [3.8, 4) is 0 Å². The van der Waals surface area contributed by atoms with Crippen LogP contribution in [0.2, 0.25) is 0 Å². The Morgan fingerprint density at radius 3 is 2.76 bits per heavy atom. The Balaban J connectivity index is 2.57. The molecule has 1 aromatic heterocycles. The maximum atomic E-state index is 11.0. The lowest BCUT2D eigenvalue weighted by atomic mass is 10.4. The van der Waals surface area contributed by atoms with Crippen molar-refractivity contribution in [2.24, 2.45) is 0 Å². The van der Waals surface area contributed by atoms with Crippen LogP contribution in [0.3, 0.4) is 0 Å². The fourth-order valence-electron chi connectivity index (χ4n) is 1.59. The van der Waals surface area contributed by atoms with Crippen molar-refractivity contribution >= 4 is 15.8 Å². The van der Waals surface area contributed by atoms with E-state index in [2.05, 4.69) is 17.2 Å². The van der Waals surface area contributed by atoms with Gasteiger partial charge in [0.2, 0.25) is 5.95 Å². The average Bonchev–Trinajstić information content (AvgIpc) is 2.54. The number of anilines is 1. The SMILES string of the molecule is CCCNc1nc(C)cn1CCCS(C)(=O)=O. The van der Waals surface area contributed by atoms with Gasteiger partial charge in [-0.1, -0.05) is 6.92 Å². The number of rotatable bonds is 7. The van der Waals surface area contributed by atoms with E-state index in [1.54, 1.807) is 0 Å². The molecule has 0 saturated heterocycles. The van der Waals surface area contributed by atoms with Crippen LogP contribution in [0.5, 0.6) is 0 Å². The summed E-state index contributed by atoms with van der Waals surface area (Å²) < 4.78 is 24.1. The fourth-order valence-corrected chi connectivity index (χ4v) is 2.25. The van der Waals surface area contributed by atoms with E-state index in [1.807, 2.05) is 17.7 Å². The van der Waals surface area contributed by atoms with Crippen molar-refractivity contribution in [2.75, 3.05) is 23.9 Å². The summed E-state index contributed by atoms with van der Waals surface area (Å²) in [4.78, 5) is 4.37. The third-order valence-corrected chi connectivity index (χ3v) is 3.37. The molecule has 0 spiro atoms. The first-order chi connectivity index (χ1) is 7.92. The Morgan fingerprint density at radius 1 is 1.47 bits per heavy atom. The van der Waals surface area contributed by atoms with Crippen LogP contribution in [0.25, 0.3) is 0 Å². The zero-order valence-electron chi connectivity index (χ0n) is 10.7. The molecule has 1 heterocycles. The van der Waals surface area contributed by atoms with Crippen molar-refractivity contribution in [1.29, 1.82) is 0 Å². The standard InChI is InChI=1S/C11H21N3O2S/c1-4-6-12-11-13-10(2)9-14(11)7-5-8-17(3,15)16/h9H,4-8H2,1-3H3,(H,12,13). The third kappa shape index (κ3) is 5.21. The van der Waals surface area contributed by atoms with Gasteiger partial charge in [-0.25, -0.2) is 13.4 Å². The van der Waals surface area contributed by atoms with Crippen LogP contribution in [-0.2, 0) is 16.4 Å². The smallest absolute Gasteiger partial charge is 0.203 e. The molecule has 1 rings (SSSR count). The molecule has 0 aromatic carbocycles. The topological polar surface area (TPSA) is 64.0 Å². The molecular formula is C11H21N3O2S. The Hall–Kier alpha value is -1.04. The van der Waals surface area contributed by atoms with Crippen molar-refractivity contribution in [3.63, 3.8) is 0 Å². The molecule has 0 amide bonds. The molecule has 17 heavy (non-hydrogen) atoms. The maximum absolute atomic E-state index is 11.0. The first-order valence-electron chi connectivity index (χ1n) is 5.87. The average molecular weight is 259 g/mol. The molecule has 0 unspecified atom stereocenters. The molecule has 0 aliphatic carbocycles. The summed E-state index contributed by atoms with van der Waals surface area (Å²) in [5.74, 6) is 1.05. The van der Waals surface area contributed by atoms with Crippen molar-refractivity contribution in [1.82, 2.24) is 9.55 Å². The first kappa shape index (κ1) is 14.0.